The van der Waals surface area contributed by atoms with Crippen LogP contribution < -0.4 is 15.1 Å². The van der Waals surface area contributed by atoms with Crippen molar-refractivity contribution < 1.29 is 27.2 Å². The first kappa shape index (κ1) is 28.5. The van der Waals surface area contributed by atoms with E-state index in [0.717, 1.165) is 10.6 Å². The summed E-state index contributed by atoms with van der Waals surface area (Å²) in [6.45, 7) is 0.830. The summed E-state index contributed by atoms with van der Waals surface area (Å²) in [6, 6.07) is 20.0. The van der Waals surface area contributed by atoms with Crippen LogP contribution in [0.4, 0.5) is 15.9 Å². The Morgan fingerprint density at radius 2 is 1.93 bits per heavy atom. The van der Waals surface area contributed by atoms with E-state index in [9.17, 15) is 18.0 Å². The lowest BCUT2D eigenvalue weighted by molar-refractivity contribution is 0.296. The van der Waals surface area contributed by atoms with Gasteiger partial charge in [-0.25, -0.2) is 27.8 Å². The van der Waals surface area contributed by atoms with Crippen LogP contribution in [0.2, 0.25) is 5.02 Å². The van der Waals surface area contributed by atoms with Crippen molar-refractivity contribution in [3.8, 4) is 17.1 Å². The number of halogens is 2. The number of hydrogen-bond acceptors (Lipinski definition) is 9. The number of anilines is 2. The summed E-state index contributed by atoms with van der Waals surface area (Å²) in [5, 5.41) is 15.9. The number of nitrogens with zero attached hydrogens (tertiary/aromatic N) is 3. The molecule has 12 heteroatoms. The molecule has 0 unspecified atom stereocenters. The lowest BCUT2D eigenvalue weighted by atomic mass is 10.1. The van der Waals surface area contributed by atoms with Gasteiger partial charge in [-0.3, -0.25) is 5.21 Å². The summed E-state index contributed by atoms with van der Waals surface area (Å²) >= 11 is 6.43. The highest BCUT2D eigenvalue weighted by Crippen LogP contribution is 2.35. The van der Waals surface area contributed by atoms with Gasteiger partial charge in [-0.05, 0) is 66.2 Å². The summed E-state index contributed by atoms with van der Waals surface area (Å²) < 4.78 is 47.7. The number of ether oxygens (including phenoxy) is 1. The van der Waals surface area contributed by atoms with Crippen molar-refractivity contribution in [1.29, 1.82) is 0 Å². The Hall–Kier alpha value is -4.03. The van der Waals surface area contributed by atoms with E-state index < -0.39 is 9.84 Å². The maximum Gasteiger partial charge on any atom is 0.168 e. The number of sulfone groups is 1. The lowest BCUT2D eigenvalue weighted by Gasteiger charge is -2.19. The van der Waals surface area contributed by atoms with Gasteiger partial charge in [0.2, 0.25) is 0 Å². The predicted molar refractivity (Wildman–Crippen MR) is 155 cm³/mol. The summed E-state index contributed by atoms with van der Waals surface area (Å²) in [5.74, 6) is 1.54. The van der Waals surface area contributed by atoms with Gasteiger partial charge in [0.05, 0.1) is 28.5 Å². The standard InChI is InChI=1S/C29H26ClFN4O5S/c1-41(37,38)12-11-32-16-23-7-10-27(40-23)20-5-8-26-24(14-20)29(34-18-33-26)35(36)22-6-9-28(25(30)15-22)39-17-19-3-2-4-21(31)13-19/h2-10,13-15,18,32,36H,11-12,16-17H2,1H3. The fourth-order valence-electron chi connectivity index (χ4n) is 4.11. The van der Waals surface area contributed by atoms with Crippen LogP contribution >= 0.6 is 11.6 Å². The van der Waals surface area contributed by atoms with E-state index in [-0.39, 0.29) is 29.0 Å². The SMILES string of the molecule is CS(=O)(=O)CCNCc1ccc(-c2ccc3ncnc(N(O)c4ccc(OCc5cccc(F)c5)c(Cl)c4)c3c2)o1. The number of aromatic nitrogens is 2. The van der Waals surface area contributed by atoms with Crippen molar-refractivity contribution >= 4 is 43.8 Å². The average molecular weight is 597 g/mol. The third-order valence-electron chi connectivity index (χ3n) is 6.15. The Balaban J connectivity index is 1.33. The molecule has 0 aliphatic heterocycles. The molecule has 0 aliphatic carbocycles. The first-order chi connectivity index (χ1) is 19.7. The molecule has 0 amide bonds. The molecule has 212 valence electrons. The largest absolute Gasteiger partial charge is 0.487 e. The second kappa shape index (κ2) is 12.2. The first-order valence-electron chi connectivity index (χ1n) is 12.5. The molecule has 0 bridgehead atoms. The number of benzene rings is 3. The van der Waals surface area contributed by atoms with Crippen LogP contribution in [0.5, 0.6) is 5.75 Å². The quantitative estimate of drug-likeness (QED) is 0.141. The smallest absolute Gasteiger partial charge is 0.168 e. The topological polar surface area (TPSA) is 118 Å². The van der Waals surface area contributed by atoms with Gasteiger partial charge in [-0.15, -0.1) is 0 Å². The third-order valence-corrected chi connectivity index (χ3v) is 7.39. The average Bonchev–Trinajstić information content (AvgIpc) is 3.42. The lowest BCUT2D eigenvalue weighted by Crippen LogP contribution is -2.21. The van der Waals surface area contributed by atoms with E-state index in [4.69, 9.17) is 20.8 Å². The molecule has 0 fully saturated rings. The predicted octanol–water partition coefficient (Wildman–Crippen LogP) is 5.92. The Kier molecular flexibility index (Phi) is 8.50. The summed E-state index contributed by atoms with van der Waals surface area (Å²) in [6.07, 6.45) is 2.55. The van der Waals surface area contributed by atoms with Gasteiger partial charge < -0.3 is 14.5 Å². The van der Waals surface area contributed by atoms with Crippen LogP contribution in [0.1, 0.15) is 11.3 Å². The second-order valence-electron chi connectivity index (χ2n) is 9.35. The minimum absolute atomic E-state index is 0.0432. The Morgan fingerprint density at radius 1 is 1.07 bits per heavy atom. The van der Waals surface area contributed by atoms with E-state index in [1.165, 1.54) is 30.8 Å². The molecule has 0 saturated heterocycles. The van der Waals surface area contributed by atoms with Crippen molar-refractivity contribution in [1.82, 2.24) is 15.3 Å². The molecular formula is C29H26ClFN4O5S. The van der Waals surface area contributed by atoms with E-state index in [1.807, 2.05) is 24.3 Å². The van der Waals surface area contributed by atoms with Crippen molar-refractivity contribution in [3.63, 3.8) is 0 Å². The maximum absolute atomic E-state index is 13.4. The zero-order valence-electron chi connectivity index (χ0n) is 21.9. The van der Waals surface area contributed by atoms with E-state index in [0.29, 0.717) is 52.5 Å². The van der Waals surface area contributed by atoms with Crippen molar-refractivity contribution in [2.75, 3.05) is 23.6 Å². The fraction of sp³-hybridized carbons (Fsp3) is 0.172. The zero-order chi connectivity index (χ0) is 29.0. The van der Waals surface area contributed by atoms with Gasteiger partial charge in [0.25, 0.3) is 0 Å². The molecule has 5 aromatic rings. The van der Waals surface area contributed by atoms with Gasteiger partial charge in [0.15, 0.2) is 5.82 Å². The second-order valence-corrected chi connectivity index (χ2v) is 12.0. The number of furan rings is 1. The van der Waals surface area contributed by atoms with Gasteiger partial charge >= 0.3 is 0 Å². The molecule has 0 atom stereocenters. The van der Waals surface area contributed by atoms with Crippen LogP contribution in [0.25, 0.3) is 22.2 Å². The maximum atomic E-state index is 13.4. The zero-order valence-corrected chi connectivity index (χ0v) is 23.5. The van der Waals surface area contributed by atoms with Gasteiger partial charge in [0.1, 0.15) is 45.9 Å². The van der Waals surface area contributed by atoms with Gasteiger partial charge in [0, 0.05) is 23.8 Å². The highest BCUT2D eigenvalue weighted by molar-refractivity contribution is 7.90. The molecule has 3 aromatic carbocycles. The van der Waals surface area contributed by atoms with Crippen LogP contribution in [0.15, 0.2) is 83.5 Å². The van der Waals surface area contributed by atoms with E-state index in [2.05, 4.69) is 15.3 Å². The van der Waals surface area contributed by atoms with Gasteiger partial charge in [-0.1, -0.05) is 23.7 Å². The minimum Gasteiger partial charge on any atom is -0.487 e. The summed E-state index contributed by atoms with van der Waals surface area (Å²) in [5.41, 5.74) is 2.35. The molecule has 0 aliphatic rings. The molecule has 5 rings (SSSR count). The van der Waals surface area contributed by atoms with Crippen LogP contribution in [-0.2, 0) is 23.0 Å². The van der Waals surface area contributed by atoms with E-state index in [1.54, 1.807) is 30.3 Å². The van der Waals surface area contributed by atoms with E-state index >= 15 is 0 Å². The Labute approximate surface area is 241 Å². The molecule has 2 aromatic heterocycles. The summed E-state index contributed by atoms with van der Waals surface area (Å²) in [4.78, 5) is 8.60. The van der Waals surface area contributed by atoms with Crippen molar-refractivity contribution in [2.45, 2.75) is 13.2 Å². The normalized spacial score (nSPS) is 11.6. The molecule has 9 nitrogen and oxygen atoms in total. The Morgan fingerprint density at radius 3 is 2.71 bits per heavy atom. The molecule has 2 heterocycles. The van der Waals surface area contributed by atoms with Gasteiger partial charge in [-0.2, -0.15) is 0 Å². The Bertz CT molecular complexity index is 1800. The van der Waals surface area contributed by atoms with Crippen LogP contribution in [0, 0.1) is 5.82 Å². The summed E-state index contributed by atoms with van der Waals surface area (Å²) in [7, 11) is -3.04. The molecule has 0 spiro atoms. The highest BCUT2D eigenvalue weighted by atomic mass is 35.5. The number of nitrogens with one attached hydrogen (secondary N) is 1. The molecule has 41 heavy (non-hydrogen) atoms. The van der Waals surface area contributed by atoms with Crippen molar-refractivity contribution in [3.05, 3.63) is 101 Å². The molecular weight excluding hydrogens is 571 g/mol. The highest BCUT2D eigenvalue weighted by Gasteiger charge is 2.16. The molecule has 0 saturated carbocycles. The minimum atomic E-state index is -3.04. The van der Waals surface area contributed by atoms with Crippen LogP contribution in [0.3, 0.4) is 0 Å². The first-order valence-corrected chi connectivity index (χ1v) is 15.0. The monoisotopic (exact) mass is 596 g/mol. The van der Waals surface area contributed by atoms with Crippen molar-refractivity contribution in [2.24, 2.45) is 0 Å². The van der Waals surface area contributed by atoms with Crippen LogP contribution in [-0.4, -0.2) is 42.1 Å². The molecule has 2 N–H and O–H groups in total. The number of hydrogen-bond donors (Lipinski definition) is 2. The third kappa shape index (κ3) is 7.19. The fourth-order valence-corrected chi connectivity index (χ4v) is 4.86. The number of fused-ring (bicyclic) bond motifs is 1. The number of rotatable bonds is 11. The molecule has 0 radical (unpaired) electrons.